The summed E-state index contributed by atoms with van der Waals surface area (Å²) in [6, 6.07) is 55.7. The minimum Gasteiger partial charge on any atom is -0.309 e. The van der Waals surface area contributed by atoms with Gasteiger partial charge in [0.15, 0.2) is 5.69 Å². The molecule has 9 rings (SSSR count). The van der Waals surface area contributed by atoms with Crippen LogP contribution in [0.3, 0.4) is 0 Å². The lowest BCUT2D eigenvalue weighted by Crippen LogP contribution is -1.99. The van der Waals surface area contributed by atoms with E-state index < -0.39 is 0 Å². The van der Waals surface area contributed by atoms with Crippen LogP contribution < -0.4 is 0 Å². The first-order valence-corrected chi connectivity index (χ1v) is 16.3. The van der Waals surface area contributed by atoms with Crippen molar-refractivity contribution in [3.63, 3.8) is 0 Å². The molecule has 50 heavy (non-hydrogen) atoms. The Hall–Kier alpha value is -7.39. The molecular formula is C45H25N5. The molecule has 0 radical (unpaired) electrons. The zero-order valence-electron chi connectivity index (χ0n) is 26.7. The van der Waals surface area contributed by atoms with Gasteiger partial charge in [0.05, 0.1) is 57.6 Å². The Balaban J connectivity index is 1.25. The molecule has 5 heteroatoms. The van der Waals surface area contributed by atoms with Crippen LogP contribution in [0, 0.1) is 29.2 Å². The topological polar surface area (TPSA) is 61.8 Å². The van der Waals surface area contributed by atoms with E-state index in [2.05, 4.69) is 92.8 Å². The highest BCUT2D eigenvalue weighted by molar-refractivity contribution is 6.11. The standard InChI is InChI=1S/C45H25N5/c1-48-33-18-23-44-40(26-33)37-11-5-7-13-42(37)50(44)45-25-31(17-21-38(45)35-9-3-2-8-32(35)28-47)30-15-19-34(20-16-30)49-41-12-6-4-10-36(41)39-24-29(27-46)14-22-43(39)49/h2-26H. The van der Waals surface area contributed by atoms with Crippen molar-refractivity contribution >= 4 is 49.3 Å². The lowest BCUT2D eigenvalue weighted by atomic mass is 9.95. The van der Waals surface area contributed by atoms with Crippen LogP contribution in [-0.2, 0) is 0 Å². The Kier molecular flexibility index (Phi) is 6.56. The molecule has 0 saturated heterocycles. The third kappa shape index (κ3) is 4.38. The van der Waals surface area contributed by atoms with Crippen molar-refractivity contribution in [3.8, 4) is 45.8 Å². The van der Waals surface area contributed by atoms with Gasteiger partial charge in [-0.3, -0.25) is 0 Å². The number of fused-ring (bicyclic) bond motifs is 6. The van der Waals surface area contributed by atoms with Gasteiger partial charge < -0.3 is 9.13 Å². The lowest BCUT2D eigenvalue weighted by Gasteiger charge is -2.17. The predicted molar refractivity (Wildman–Crippen MR) is 202 cm³/mol. The third-order valence-electron chi connectivity index (χ3n) is 9.62. The molecule has 0 atom stereocenters. The van der Waals surface area contributed by atoms with Gasteiger partial charge in [-0.2, -0.15) is 10.5 Å². The minimum atomic E-state index is 0.595. The first-order chi connectivity index (χ1) is 24.7. The van der Waals surface area contributed by atoms with Gasteiger partial charge in [-0.15, -0.1) is 0 Å². The maximum absolute atomic E-state index is 10.1. The average Bonchev–Trinajstić information content (AvgIpc) is 3.69. The van der Waals surface area contributed by atoms with Gasteiger partial charge in [-0.25, -0.2) is 4.85 Å². The Morgan fingerprint density at radius 2 is 1.10 bits per heavy atom. The molecule has 2 aromatic heterocycles. The number of nitriles is 2. The fraction of sp³-hybridized carbons (Fsp3) is 0. The number of hydrogen-bond donors (Lipinski definition) is 0. The zero-order valence-corrected chi connectivity index (χ0v) is 26.7. The minimum absolute atomic E-state index is 0.595. The van der Waals surface area contributed by atoms with E-state index in [0.717, 1.165) is 77.2 Å². The maximum atomic E-state index is 10.1. The molecule has 0 saturated carbocycles. The number of benzene rings is 7. The number of aromatic nitrogens is 2. The highest BCUT2D eigenvalue weighted by Crippen LogP contribution is 2.40. The molecule has 230 valence electrons. The fourth-order valence-electron chi connectivity index (χ4n) is 7.35. The summed E-state index contributed by atoms with van der Waals surface area (Å²) in [5.41, 5.74) is 11.9. The summed E-state index contributed by atoms with van der Waals surface area (Å²) in [6.45, 7) is 7.64. The Morgan fingerprint density at radius 1 is 0.480 bits per heavy atom. The Labute approximate surface area is 288 Å². The fourth-order valence-corrected chi connectivity index (χ4v) is 7.35. The monoisotopic (exact) mass is 635 g/mol. The van der Waals surface area contributed by atoms with Crippen molar-refractivity contribution in [3.05, 3.63) is 174 Å². The molecule has 0 fully saturated rings. The number of para-hydroxylation sites is 2. The molecule has 7 aromatic carbocycles. The van der Waals surface area contributed by atoms with Crippen LogP contribution in [-0.4, -0.2) is 9.13 Å². The van der Waals surface area contributed by atoms with Crippen LogP contribution >= 0.6 is 0 Å². The number of nitrogens with zero attached hydrogens (tertiary/aromatic N) is 5. The van der Waals surface area contributed by atoms with Gasteiger partial charge in [-0.1, -0.05) is 84.9 Å². The van der Waals surface area contributed by atoms with Crippen LogP contribution in [0.15, 0.2) is 152 Å². The SMILES string of the molecule is [C-]#[N+]c1ccc2c(c1)c1ccccc1n2-c1cc(-c2ccc(-n3c4ccccc4c4cc(C#N)ccc43)cc2)ccc1-c1ccccc1C#N. The van der Waals surface area contributed by atoms with E-state index in [0.29, 0.717) is 16.8 Å². The molecule has 0 N–H and O–H groups in total. The van der Waals surface area contributed by atoms with Crippen molar-refractivity contribution < 1.29 is 0 Å². The van der Waals surface area contributed by atoms with E-state index in [-0.39, 0.29) is 0 Å². The summed E-state index contributed by atoms with van der Waals surface area (Å²) < 4.78 is 4.51. The largest absolute Gasteiger partial charge is 0.309 e. The molecule has 0 aliphatic rings. The second kappa shape index (κ2) is 11.4. The Morgan fingerprint density at radius 3 is 1.84 bits per heavy atom. The normalized spacial score (nSPS) is 11.1. The highest BCUT2D eigenvalue weighted by Gasteiger charge is 2.19. The molecule has 2 heterocycles. The molecule has 9 aromatic rings. The van der Waals surface area contributed by atoms with Crippen molar-refractivity contribution in [2.75, 3.05) is 0 Å². The molecule has 0 spiro atoms. The molecule has 0 unspecified atom stereocenters. The van der Waals surface area contributed by atoms with Crippen LogP contribution in [0.2, 0.25) is 0 Å². The van der Waals surface area contributed by atoms with E-state index in [1.807, 2.05) is 84.9 Å². The molecular weight excluding hydrogens is 611 g/mol. The van der Waals surface area contributed by atoms with E-state index in [1.165, 1.54) is 0 Å². The molecule has 5 nitrogen and oxygen atoms in total. The smallest absolute Gasteiger partial charge is 0.188 e. The van der Waals surface area contributed by atoms with Gasteiger partial charge in [0.2, 0.25) is 0 Å². The summed E-state index contributed by atoms with van der Waals surface area (Å²) in [5, 5.41) is 23.9. The quantitative estimate of drug-likeness (QED) is 0.181. The van der Waals surface area contributed by atoms with E-state index in [4.69, 9.17) is 6.57 Å². The third-order valence-corrected chi connectivity index (χ3v) is 9.62. The number of rotatable bonds is 4. The van der Waals surface area contributed by atoms with Gasteiger partial charge >= 0.3 is 0 Å². The molecule has 0 aliphatic carbocycles. The van der Waals surface area contributed by atoms with Crippen molar-refractivity contribution in [1.29, 1.82) is 10.5 Å². The predicted octanol–water partition coefficient (Wildman–Crippen LogP) is 11.5. The summed E-state index contributed by atoms with van der Waals surface area (Å²) in [6.07, 6.45) is 0. The molecule has 0 aliphatic heterocycles. The average molecular weight is 636 g/mol. The summed E-state index contributed by atoms with van der Waals surface area (Å²) in [5.74, 6) is 0. The second-order valence-electron chi connectivity index (χ2n) is 12.3. The van der Waals surface area contributed by atoms with Crippen LogP contribution in [0.1, 0.15) is 11.1 Å². The van der Waals surface area contributed by atoms with E-state index in [9.17, 15) is 10.5 Å². The highest BCUT2D eigenvalue weighted by atomic mass is 15.0. The van der Waals surface area contributed by atoms with Gasteiger partial charge in [-0.05, 0) is 83.2 Å². The van der Waals surface area contributed by atoms with Crippen molar-refractivity contribution in [1.82, 2.24) is 9.13 Å². The van der Waals surface area contributed by atoms with Crippen molar-refractivity contribution in [2.24, 2.45) is 0 Å². The van der Waals surface area contributed by atoms with E-state index >= 15 is 0 Å². The van der Waals surface area contributed by atoms with E-state index in [1.54, 1.807) is 0 Å². The molecule has 0 bridgehead atoms. The number of hydrogen-bond acceptors (Lipinski definition) is 2. The summed E-state index contributed by atoms with van der Waals surface area (Å²) in [4.78, 5) is 3.71. The van der Waals surface area contributed by atoms with Gasteiger partial charge in [0, 0.05) is 33.0 Å². The summed E-state index contributed by atoms with van der Waals surface area (Å²) >= 11 is 0. The van der Waals surface area contributed by atoms with Crippen molar-refractivity contribution in [2.45, 2.75) is 0 Å². The first kappa shape index (κ1) is 28.8. The maximum Gasteiger partial charge on any atom is 0.188 e. The lowest BCUT2D eigenvalue weighted by molar-refractivity contribution is 1.18. The van der Waals surface area contributed by atoms with Crippen LogP contribution in [0.25, 0.3) is 82.1 Å². The van der Waals surface area contributed by atoms with Crippen LogP contribution in [0.5, 0.6) is 0 Å². The summed E-state index contributed by atoms with van der Waals surface area (Å²) in [7, 11) is 0. The second-order valence-corrected chi connectivity index (χ2v) is 12.3. The molecule has 0 amide bonds. The van der Waals surface area contributed by atoms with Crippen LogP contribution in [0.4, 0.5) is 5.69 Å². The van der Waals surface area contributed by atoms with Gasteiger partial charge in [0.1, 0.15) is 0 Å². The first-order valence-electron chi connectivity index (χ1n) is 16.3. The Bertz CT molecular complexity index is 2960. The zero-order chi connectivity index (χ0) is 33.8. The van der Waals surface area contributed by atoms with Gasteiger partial charge in [0.25, 0.3) is 0 Å².